The van der Waals surface area contributed by atoms with E-state index >= 15 is 0 Å². The molecule has 0 radical (unpaired) electrons. The van der Waals surface area contributed by atoms with Crippen molar-refractivity contribution in [2.75, 3.05) is 11.9 Å². The summed E-state index contributed by atoms with van der Waals surface area (Å²) in [6.07, 6.45) is 5.99. The van der Waals surface area contributed by atoms with Crippen molar-refractivity contribution in [1.29, 1.82) is 0 Å². The van der Waals surface area contributed by atoms with Gasteiger partial charge in [0.15, 0.2) is 0 Å². The van der Waals surface area contributed by atoms with E-state index in [0.717, 1.165) is 49.3 Å². The van der Waals surface area contributed by atoms with Gasteiger partial charge in [0.05, 0.1) is 0 Å². The largest absolute Gasteiger partial charge is 0.326 e. The van der Waals surface area contributed by atoms with Crippen LogP contribution in [0.2, 0.25) is 0 Å². The molecule has 0 spiro atoms. The fourth-order valence-corrected chi connectivity index (χ4v) is 2.77. The van der Waals surface area contributed by atoms with E-state index in [1.54, 1.807) is 0 Å². The number of benzene rings is 1. The molecule has 114 valence electrons. The third-order valence-electron chi connectivity index (χ3n) is 3.84. The van der Waals surface area contributed by atoms with Gasteiger partial charge in [-0.15, -0.1) is 0 Å². The molecule has 0 saturated carbocycles. The molecule has 0 bridgehead atoms. The number of amides is 2. The minimum atomic E-state index is -0.101. The summed E-state index contributed by atoms with van der Waals surface area (Å²) in [4.78, 5) is 29.7. The number of hydrogen-bond acceptors (Lipinski definition) is 3. The summed E-state index contributed by atoms with van der Waals surface area (Å²) in [5.41, 5.74) is 2.15. The second kappa shape index (κ2) is 6.13. The van der Waals surface area contributed by atoms with Gasteiger partial charge in [-0.3, -0.25) is 14.5 Å². The summed E-state index contributed by atoms with van der Waals surface area (Å²) < 4.78 is 0. The van der Waals surface area contributed by atoms with Crippen molar-refractivity contribution < 1.29 is 9.59 Å². The molecule has 1 saturated heterocycles. The van der Waals surface area contributed by atoms with Crippen molar-refractivity contribution in [3.8, 4) is 0 Å². The van der Waals surface area contributed by atoms with Gasteiger partial charge in [-0.2, -0.15) is 0 Å². The van der Waals surface area contributed by atoms with Crippen molar-refractivity contribution >= 4 is 29.4 Å². The van der Waals surface area contributed by atoms with E-state index in [2.05, 4.69) is 10.3 Å². The van der Waals surface area contributed by atoms with E-state index in [1.807, 2.05) is 35.2 Å². The standard InChI is InChI=1S/C17H19N3O2/c1-12(21)18-14-8-6-13(7-9-14)11-15-17(22)20-10-4-2-3-5-16(20)19-15/h6-9,11H,2-5,10H2,1H3,(H,18,21). The molecule has 2 aliphatic heterocycles. The third kappa shape index (κ3) is 3.08. The lowest BCUT2D eigenvalue weighted by molar-refractivity contribution is -0.122. The zero-order valence-electron chi connectivity index (χ0n) is 12.6. The van der Waals surface area contributed by atoms with E-state index in [9.17, 15) is 9.59 Å². The van der Waals surface area contributed by atoms with E-state index in [4.69, 9.17) is 0 Å². The molecule has 0 aliphatic carbocycles. The predicted molar refractivity (Wildman–Crippen MR) is 86.3 cm³/mol. The molecule has 2 aliphatic rings. The van der Waals surface area contributed by atoms with Crippen molar-refractivity contribution in [1.82, 2.24) is 4.90 Å². The second-order valence-electron chi connectivity index (χ2n) is 5.63. The van der Waals surface area contributed by atoms with Crippen LogP contribution in [0, 0.1) is 0 Å². The summed E-state index contributed by atoms with van der Waals surface area (Å²) in [6, 6.07) is 7.38. The minimum Gasteiger partial charge on any atom is -0.326 e. The Morgan fingerprint density at radius 3 is 2.73 bits per heavy atom. The highest BCUT2D eigenvalue weighted by Gasteiger charge is 2.30. The zero-order chi connectivity index (χ0) is 15.5. The lowest BCUT2D eigenvalue weighted by atomic mass is 10.1. The molecule has 0 atom stereocenters. The Kier molecular flexibility index (Phi) is 4.04. The number of carbonyl (C=O) groups excluding carboxylic acids is 2. The molecule has 5 nitrogen and oxygen atoms in total. The van der Waals surface area contributed by atoms with Gasteiger partial charge in [-0.25, -0.2) is 4.99 Å². The fourth-order valence-electron chi connectivity index (χ4n) is 2.77. The molecule has 1 aromatic rings. The number of anilines is 1. The molecular weight excluding hydrogens is 278 g/mol. The SMILES string of the molecule is CC(=O)Nc1ccc(C=C2N=C3CCCCCN3C2=O)cc1. The lowest BCUT2D eigenvalue weighted by Crippen LogP contribution is -2.31. The monoisotopic (exact) mass is 297 g/mol. The molecule has 3 rings (SSSR count). The first kappa shape index (κ1) is 14.5. The summed E-state index contributed by atoms with van der Waals surface area (Å²) in [7, 11) is 0. The van der Waals surface area contributed by atoms with Crippen LogP contribution in [-0.2, 0) is 9.59 Å². The Morgan fingerprint density at radius 2 is 2.00 bits per heavy atom. The van der Waals surface area contributed by atoms with Gasteiger partial charge in [0.1, 0.15) is 11.5 Å². The van der Waals surface area contributed by atoms with Crippen molar-refractivity contribution in [3.63, 3.8) is 0 Å². The quantitative estimate of drug-likeness (QED) is 0.853. The van der Waals surface area contributed by atoms with Crippen LogP contribution in [0.15, 0.2) is 35.0 Å². The molecule has 1 aromatic carbocycles. The van der Waals surface area contributed by atoms with E-state index in [1.165, 1.54) is 6.92 Å². The average molecular weight is 297 g/mol. The fraction of sp³-hybridized carbons (Fsp3) is 0.353. The number of aliphatic imine (C=N–C) groups is 1. The lowest BCUT2D eigenvalue weighted by Gasteiger charge is -2.14. The highest BCUT2D eigenvalue weighted by Crippen LogP contribution is 2.24. The molecule has 0 aromatic heterocycles. The number of nitrogens with zero attached hydrogens (tertiary/aromatic N) is 2. The number of amidine groups is 1. The first-order valence-corrected chi connectivity index (χ1v) is 7.62. The summed E-state index contributed by atoms with van der Waals surface area (Å²) in [5, 5.41) is 2.72. The zero-order valence-corrected chi connectivity index (χ0v) is 12.6. The van der Waals surface area contributed by atoms with Gasteiger partial charge in [-0.05, 0) is 36.6 Å². The van der Waals surface area contributed by atoms with Crippen LogP contribution in [-0.4, -0.2) is 29.1 Å². The summed E-state index contributed by atoms with van der Waals surface area (Å²) in [6.45, 7) is 2.25. The Labute approximate surface area is 129 Å². The van der Waals surface area contributed by atoms with Crippen molar-refractivity contribution in [3.05, 3.63) is 35.5 Å². The van der Waals surface area contributed by atoms with Gasteiger partial charge in [-0.1, -0.05) is 18.6 Å². The maximum Gasteiger partial charge on any atom is 0.277 e. The molecule has 1 N–H and O–H groups in total. The Bertz CT molecular complexity index is 659. The van der Waals surface area contributed by atoms with E-state index in [-0.39, 0.29) is 11.8 Å². The molecule has 2 heterocycles. The number of fused-ring (bicyclic) bond motifs is 1. The predicted octanol–water partition coefficient (Wildman–Crippen LogP) is 2.80. The van der Waals surface area contributed by atoms with Crippen molar-refractivity contribution in [2.24, 2.45) is 4.99 Å². The number of nitrogens with one attached hydrogen (secondary N) is 1. The Morgan fingerprint density at radius 1 is 1.23 bits per heavy atom. The van der Waals surface area contributed by atoms with E-state index < -0.39 is 0 Å². The highest BCUT2D eigenvalue weighted by molar-refractivity contribution is 6.14. The second-order valence-corrected chi connectivity index (χ2v) is 5.63. The minimum absolute atomic E-state index is 0.00263. The molecule has 2 amide bonds. The van der Waals surface area contributed by atoms with Crippen LogP contribution < -0.4 is 5.32 Å². The molecule has 1 fully saturated rings. The average Bonchev–Trinajstić information content (AvgIpc) is 2.66. The third-order valence-corrected chi connectivity index (χ3v) is 3.84. The van der Waals surface area contributed by atoms with Crippen molar-refractivity contribution in [2.45, 2.75) is 32.6 Å². The normalized spacial score (nSPS) is 19.7. The van der Waals surface area contributed by atoms with E-state index in [0.29, 0.717) is 5.70 Å². The highest BCUT2D eigenvalue weighted by atomic mass is 16.2. The van der Waals surface area contributed by atoms with Crippen LogP contribution in [0.1, 0.15) is 38.2 Å². The van der Waals surface area contributed by atoms with Gasteiger partial charge >= 0.3 is 0 Å². The Hall–Kier alpha value is -2.43. The number of rotatable bonds is 2. The first-order chi connectivity index (χ1) is 10.6. The molecular formula is C17H19N3O2. The maximum absolute atomic E-state index is 12.4. The molecule has 22 heavy (non-hydrogen) atoms. The van der Waals surface area contributed by atoms with Gasteiger partial charge < -0.3 is 5.32 Å². The maximum atomic E-state index is 12.4. The summed E-state index contributed by atoms with van der Waals surface area (Å²) >= 11 is 0. The summed E-state index contributed by atoms with van der Waals surface area (Å²) in [5.74, 6) is 0.808. The van der Waals surface area contributed by atoms with Gasteiger partial charge in [0, 0.05) is 25.6 Å². The first-order valence-electron chi connectivity index (χ1n) is 7.62. The number of hydrogen-bond donors (Lipinski definition) is 1. The van der Waals surface area contributed by atoms with Gasteiger partial charge in [0.2, 0.25) is 5.91 Å². The topological polar surface area (TPSA) is 61.8 Å². The van der Waals surface area contributed by atoms with Crippen LogP contribution in [0.4, 0.5) is 5.69 Å². The molecule has 5 heteroatoms. The smallest absolute Gasteiger partial charge is 0.277 e. The number of carbonyl (C=O) groups is 2. The van der Waals surface area contributed by atoms with Crippen LogP contribution in [0.3, 0.4) is 0 Å². The Balaban J connectivity index is 1.80. The van der Waals surface area contributed by atoms with Gasteiger partial charge in [0.25, 0.3) is 5.91 Å². The molecule has 0 unspecified atom stereocenters. The van der Waals surface area contributed by atoms with Crippen LogP contribution in [0.25, 0.3) is 6.08 Å². The van der Waals surface area contributed by atoms with Crippen LogP contribution >= 0.6 is 0 Å². The van der Waals surface area contributed by atoms with Crippen LogP contribution in [0.5, 0.6) is 0 Å².